The van der Waals surface area contributed by atoms with Crippen LogP contribution in [0.5, 0.6) is 5.75 Å². The van der Waals surface area contributed by atoms with Crippen LogP contribution in [0.2, 0.25) is 0 Å². The Labute approximate surface area is 209 Å². The number of piperidine rings is 3. The molecule has 0 radical (unpaired) electrons. The lowest BCUT2D eigenvalue weighted by atomic mass is 9.70. The van der Waals surface area contributed by atoms with Gasteiger partial charge in [0, 0.05) is 42.5 Å². The van der Waals surface area contributed by atoms with Crippen LogP contribution in [0.3, 0.4) is 0 Å². The molecule has 6 heteroatoms. The van der Waals surface area contributed by atoms with Gasteiger partial charge in [-0.2, -0.15) is 0 Å². The lowest BCUT2D eigenvalue weighted by molar-refractivity contribution is 0.00458. The summed E-state index contributed by atoms with van der Waals surface area (Å²) in [4.78, 5) is 7.19. The number of methoxy groups -OCH3 is 1. The minimum atomic E-state index is 0. The van der Waals surface area contributed by atoms with E-state index in [1.165, 1.54) is 42.6 Å². The first-order chi connectivity index (χ1) is 15.3. The van der Waals surface area contributed by atoms with E-state index in [9.17, 15) is 0 Å². The fraction of sp³-hybridized carbons (Fsp3) is 0.370. The minimum Gasteiger partial charge on any atom is -0.496 e. The Morgan fingerprint density at radius 2 is 1.64 bits per heavy atom. The van der Waals surface area contributed by atoms with Gasteiger partial charge in [0.15, 0.2) is 0 Å². The summed E-state index contributed by atoms with van der Waals surface area (Å²) in [7, 11) is 1.75. The number of hydrogen-bond donors (Lipinski definition) is 1. The van der Waals surface area contributed by atoms with Crippen LogP contribution in [-0.2, 0) is 6.54 Å². The van der Waals surface area contributed by atoms with Crippen LogP contribution in [0.1, 0.15) is 35.4 Å². The fourth-order valence-corrected chi connectivity index (χ4v) is 5.67. The smallest absolute Gasteiger partial charge is 0.123 e. The largest absolute Gasteiger partial charge is 0.496 e. The average Bonchev–Trinajstić information content (AvgIpc) is 2.85. The highest BCUT2D eigenvalue weighted by atomic mass is 35.5. The first-order valence-electron chi connectivity index (χ1n) is 11.4. The molecule has 3 aliphatic heterocycles. The molecule has 1 aromatic heterocycles. The molecule has 1 unspecified atom stereocenters. The standard InChI is InChI=1S/C27H31N3O.2ClH/c1-31-24-12-6-5-10-22(24)19-29-26-21-13-16-30(17-14-21)27(26)25(20-8-3-2-4-9-20)23-11-7-15-28-18-23;;/h2-12,15,18,21,25-27,29H,13-14,16-17,19H2,1H3;2*1H/t25?,26-,27+;;/m1../s1. The average molecular weight is 486 g/mol. The Bertz CT molecular complexity index is 941. The Balaban J connectivity index is 0.00000153. The maximum Gasteiger partial charge on any atom is 0.123 e. The summed E-state index contributed by atoms with van der Waals surface area (Å²) in [6.45, 7) is 3.20. The molecule has 3 saturated heterocycles. The Hall–Kier alpha value is -2.11. The number of hydrogen-bond acceptors (Lipinski definition) is 4. The van der Waals surface area contributed by atoms with Crippen molar-refractivity contribution in [2.75, 3.05) is 20.2 Å². The molecular weight excluding hydrogens is 453 g/mol. The molecule has 4 nitrogen and oxygen atoms in total. The lowest BCUT2D eigenvalue weighted by Crippen LogP contribution is -2.64. The molecule has 0 amide bonds. The van der Waals surface area contributed by atoms with Crippen LogP contribution < -0.4 is 10.1 Å². The summed E-state index contributed by atoms with van der Waals surface area (Å²) in [5, 5.41) is 3.97. The van der Waals surface area contributed by atoms with Gasteiger partial charge in [0.05, 0.1) is 7.11 Å². The van der Waals surface area contributed by atoms with E-state index in [0.717, 1.165) is 12.3 Å². The third-order valence-corrected chi connectivity index (χ3v) is 7.14. The van der Waals surface area contributed by atoms with Crippen molar-refractivity contribution in [3.05, 3.63) is 95.8 Å². The van der Waals surface area contributed by atoms with Crippen LogP contribution in [0.4, 0.5) is 0 Å². The molecule has 33 heavy (non-hydrogen) atoms. The second-order valence-corrected chi connectivity index (χ2v) is 8.76. The van der Waals surface area contributed by atoms with E-state index in [0.29, 0.717) is 23.9 Å². The fourth-order valence-electron chi connectivity index (χ4n) is 5.67. The molecule has 176 valence electrons. The zero-order valence-electron chi connectivity index (χ0n) is 19.0. The van der Waals surface area contributed by atoms with Crippen LogP contribution in [0, 0.1) is 5.92 Å². The highest BCUT2D eigenvalue weighted by molar-refractivity contribution is 5.85. The van der Waals surface area contributed by atoms with Crippen LogP contribution in [0.15, 0.2) is 79.1 Å². The minimum absolute atomic E-state index is 0. The Kier molecular flexibility index (Phi) is 9.16. The Morgan fingerprint density at radius 1 is 0.939 bits per heavy atom. The second-order valence-electron chi connectivity index (χ2n) is 8.76. The van der Waals surface area contributed by atoms with Crippen molar-refractivity contribution in [3.63, 3.8) is 0 Å². The molecule has 1 N–H and O–H groups in total. The van der Waals surface area contributed by atoms with E-state index in [4.69, 9.17) is 4.74 Å². The topological polar surface area (TPSA) is 37.4 Å². The zero-order chi connectivity index (χ0) is 21.0. The van der Waals surface area contributed by atoms with Gasteiger partial charge in [-0.05, 0) is 55.1 Å². The van der Waals surface area contributed by atoms with Crippen LogP contribution in [0.25, 0.3) is 0 Å². The summed E-state index contributed by atoms with van der Waals surface area (Å²) < 4.78 is 5.60. The van der Waals surface area contributed by atoms with Crippen LogP contribution >= 0.6 is 24.8 Å². The number of benzene rings is 2. The van der Waals surface area contributed by atoms with Crippen molar-refractivity contribution in [2.24, 2.45) is 5.92 Å². The summed E-state index contributed by atoms with van der Waals surface area (Å²) in [5.74, 6) is 1.96. The molecule has 4 heterocycles. The van der Waals surface area contributed by atoms with E-state index in [-0.39, 0.29) is 24.8 Å². The number of ether oxygens (including phenoxy) is 1. The second kappa shape index (κ2) is 11.8. The number of nitrogens with zero attached hydrogens (tertiary/aromatic N) is 2. The molecule has 3 fully saturated rings. The molecule has 3 aromatic rings. The summed E-state index contributed by atoms with van der Waals surface area (Å²) in [6.07, 6.45) is 6.47. The molecule has 3 aliphatic rings. The van der Waals surface area contributed by atoms with Gasteiger partial charge in [-0.3, -0.25) is 9.88 Å². The SMILES string of the molecule is COc1ccccc1CN[C@@H]1C2CCN(CC2)[C@H]1C(c1ccccc1)c1cccnc1.Cl.Cl. The van der Waals surface area contributed by atoms with Crippen molar-refractivity contribution in [2.45, 2.75) is 37.4 Å². The van der Waals surface area contributed by atoms with Gasteiger partial charge in [-0.1, -0.05) is 54.6 Å². The van der Waals surface area contributed by atoms with Gasteiger partial charge in [-0.15, -0.1) is 24.8 Å². The molecule has 0 saturated carbocycles. The number of halogens is 2. The number of nitrogens with one attached hydrogen (secondary N) is 1. The maximum absolute atomic E-state index is 5.60. The third kappa shape index (κ3) is 5.36. The predicted molar refractivity (Wildman–Crippen MR) is 139 cm³/mol. The summed E-state index contributed by atoms with van der Waals surface area (Å²) >= 11 is 0. The lowest BCUT2D eigenvalue weighted by Gasteiger charge is -2.54. The van der Waals surface area contributed by atoms with E-state index in [1.54, 1.807) is 7.11 Å². The van der Waals surface area contributed by atoms with Gasteiger partial charge >= 0.3 is 0 Å². The molecular formula is C27H33Cl2N3O. The molecule has 2 bridgehead atoms. The van der Waals surface area contributed by atoms with Gasteiger partial charge in [-0.25, -0.2) is 0 Å². The maximum atomic E-state index is 5.60. The van der Waals surface area contributed by atoms with Crippen molar-refractivity contribution < 1.29 is 4.74 Å². The Morgan fingerprint density at radius 3 is 2.33 bits per heavy atom. The monoisotopic (exact) mass is 485 g/mol. The number of para-hydroxylation sites is 1. The molecule has 3 atom stereocenters. The van der Waals surface area contributed by atoms with Crippen molar-refractivity contribution >= 4 is 24.8 Å². The normalized spacial score (nSPS) is 24.3. The highest BCUT2D eigenvalue weighted by Crippen LogP contribution is 2.42. The van der Waals surface area contributed by atoms with Gasteiger partial charge in [0.1, 0.15) is 5.75 Å². The first kappa shape index (κ1) is 25.5. The van der Waals surface area contributed by atoms with Gasteiger partial charge < -0.3 is 10.1 Å². The molecule has 0 aliphatic carbocycles. The van der Waals surface area contributed by atoms with Gasteiger partial charge in [0.25, 0.3) is 0 Å². The number of rotatable bonds is 7. The number of fused-ring (bicyclic) bond motifs is 3. The summed E-state index contributed by atoms with van der Waals surface area (Å²) in [6, 6.07) is 24.5. The molecule has 0 spiro atoms. The van der Waals surface area contributed by atoms with Crippen molar-refractivity contribution in [3.8, 4) is 5.75 Å². The number of aromatic nitrogens is 1. The van der Waals surface area contributed by atoms with E-state index in [2.05, 4.69) is 76.0 Å². The van der Waals surface area contributed by atoms with Crippen LogP contribution in [-0.4, -0.2) is 42.2 Å². The predicted octanol–water partition coefficient (Wildman–Crippen LogP) is 5.32. The van der Waals surface area contributed by atoms with Crippen molar-refractivity contribution in [1.82, 2.24) is 15.2 Å². The number of pyridine rings is 1. The van der Waals surface area contributed by atoms with Gasteiger partial charge in [0.2, 0.25) is 0 Å². The quantitative estimate of drug-likeness (QED) is 0.491. The molecule has 6 rings (SSSR count). The zero-order valence-corrected chi connectivity index (χ0v) is 20.6. The van der Waals surface area contributed by atoms with E-state index < -0.39 is 0 Å². The van der Waals surface area contributed by atoms with E-state index in [1.807, 2.05) is 18.3 Å². The third-order valence-electron chi connectivity index (χ3n) is 7.14. The first-order valence-corrected chi connectivity index (χ1v) is 11.4. The summed E-state index contributed by atoms with van der Waals surface area (Å²) in [5.41, 5.74) is 3.89. The van der Waals surface area contributed by atoms with Crippen molar-refractivity contribution in [1.29, 1.82) is 0 Å². The highest BCUT2D eigenvalue weighted by Gasteiger charge is 2.46. The molecule has 2 aromatic carbocycles. The van der Waals surface area contributed by atoms with E-state index >= 15 is 0 Å².